The molecule has 19 heavy (non-hydrogen) atoms. The lowest BCUT2D eigenvalue weighted by Gasteiger charge is -2.13. The molecule has 0 saturated heterocycles. The Labute approximate surface area is 115 Å². The zero-order chi connectivity index (χ0) is 14.2. The van der Waals surface area contributed by atoms with E-state index in [9.17, 15) is 18.0 Å². The van der Waals surface area contributed by atoms with Gasteiger partial charge in [0.1, 0.15) is 0 Å². The minimum absolute atomic E-state index is 0.0259. The summed E-state index contributed by atoms with van der Waals surface area (Å²) in [6.07, 6.45) is 1.01. The number of carbonyl (C=O) groups excluding carboxylic acids is 2. The van der Waals surface area contributed by atoms with Gasteiger partial charge in [-0.05, 0) is 12.1 Å². The molecule has 6 nitrogen and oxygen atoms in total. The number of amides is 2. The molecule has 0 aliphatic carbocycles. The number of nitrogens with zero attached hydrogens (tertiary/aromatic N) is 1. The zero-order valence-electron chi connectivity index (χ0n) is 10.0. The highest BCUT2D eigenvalue weighted by molar-refractivity contribution is 7.88. The van der Waals surface area contributed by atoms with Crippen molar-refractivity contribution >= 4 is 33.4 Å². The van der Waals surface area contributed by atoms with Gasteiger partial charge in [-0.1, -0.05) is 17.7 Å². The van der Waals surface area contributed by atoms with Crippen molar-refractivity contribution in [2.45, 2.75) is 0 Å². The first-order valence-corrected chi connectivity index (χ1v) is 7.67. The van der Waals surface area contributed by atoms with Crippen molar-refractivity contribution in [1.82, 2.24) is 9.62 Å². The summed E-state index contributed by atoms with van der Waals surface area (Å²) in [4.78, 5) is 25.0. The van der Waals surface area contributed by atoms with Gasteiger partial charge in [-0.2, -0.15) is 0 Å². The molecule has 0 radical (unpaired) electrons. The second-order valence-corrected chi connectivity index (χ2v) is 6.33. The van der Waals surface area contributed by atoms with Gasteiger partial charge in [0, 0.05) is 13.1 Å². The first-order valence-electron chi connectivity index (χ1n) is 5.40. The highest BCUT2D eigenvalue weighted by atomic mass is 35.5. The number of sulfonamides is 1. The number of hydrogen-bond acceptors (Lipinski definition) is 4. The molecule has 0 spiro atoms. The molecule has 8 heteroatoms. The van der Waals surface area contributed by atoms with Gasteiger partial charge in [0.25, 0.3) is 11.8 Å². The van der Waals surface area contributed by atoms with Crippen molar-refractivity contribution in [3.8, 4) is 0 Å². The van der Waals surface area contributed by atoms with E-state index >= 15 is 0 Å². The number of carbonyl (C=O) groups is 2. The number of nitrogens with one attached hydrogen (secondary N) is 1. The molecule has 0 fully saturated rings. The minimum Gasteiger partial charge on any atom is -0.273 e. The van der Waals surface area contributed by atoms with Gasteiger partial charge in [-0.3, -0.25) is 14.5 Å². The Bertz CT molecular complexity index is 657. The van der Waals surface area contributed by atoms with E-state index in [1.165, 1.54) is 12.1 Å². The normalized spacial score (nSPS) is 14.9. The Balaban J connectivity index is 2.17. The molecule has 1 aromatic carbocycles. The molecule has 0 atom stereocenters. The van der Waals surface area contributed by atoms with Crippen LogP contribution in [0.25, 0.3) is 0 Å². The zero-order valence-corrected chi connectivity index (χ0v) is 11.6. The highest BCUT2D eigenvalue weighted by Gasteiger charge is 2.36. The molecule has 0 bridgehead atoms. The van der Waals surface area contributed by atoms with E-state index in [4.69, 9.17) is 11.6 Å². The summed E-state index contributed by atoms with van der Waals surface area (Å²) in [5.41, 5.74) is 0.422. The van der Waals surface area contributed by atoms with Gasteiger partial charge in [-0.15, -0.1) is 0 Å². The topological polar surface area (TPSA) is 83.6 Å². The van der Waals surface area contributed by atoms with Crippen LogP contribution >= 0.6 is 11.6 Å². The van der Waals surface area contributed by atoms with E-state index in [1.807, 2.05) is 0 Å². The number of rotatable bonds is 4. The van der Waals surface area contributed by atoms with Gasteiger partial charge in [0.05, 0.1) is 22.4 Å². The lowest BCUT2D eigenvalue weighted by Crippen LogP contribution is -2.37. The maximum absolute atomic E-state index is 12.0. The molecule has 1 aromatic rings. The Kier molecular flexibility index (Phi) is 3.62. The fourth-order valence-corrected chi connectivity index (χ4v) is 2.56. The lowest BCUT2D eigenvalue weighted by molar-refractivity contribution is 0.0657. The van der Waals surface area contributed by atoms with E-state index in [1.54, 1.807) is 6.07 Å². The van der Waals surface area contributed by atoms with Crippen molar-refractivity contribution in [3.05, 3.63) is 34.3 Å². The summed E-state index contributed by atoms with van der Waals surface area (Å²) in [5, 5.41) is 0.217. The van der Waals surface area contributed by atoms with E-state index in [-0.39, 0.29) is 29.2 Å². The summed E-state index contributed by atoms with van der Waals surface area (Å²) in [6, 6.07) is 4.64. The SMILES string of the molecule is CS(=O)(=O)NCCN1C(=O)c2cccc(Cl)c2C1=O. The molecular formula is C11H11ClN2O4S. The Morgan fingerprint density at radius 2 is 1.95 bits per heavy atom. The molecule has 0 saturated carbocycles. The molecule has 2 rings (SSSR count). The van der Waals surface area contributed by atoms with Crippen LogP contribution in [0.5, 0.6) is 0 Å². The standard InChI is InChI=1S/C11H11ClN2O4S/c1-19(17,18)13-5-6-14-10(15)7-3-2-4-8(12)9(7)11(14)16/h2-4,13H,5-6H2,1H3. The second kappa shape index (κ2) is 4.92. The smallest absolute Gasteiger partial charge is 0.263 e. The third-order valence-electron chi connectivity index (χ3n) is 2.65. The van der Waals surface area contributed by atoms with E-state index < -0.39 is 21.8 Å². The number of fused-ring (bicyclic) bond motifs is 1. The highest BCUT2D eigenvalue weighted by Crippen LogP contribution is 2.28. The van der Waals surface area contributed by atoms with Crippen LogP contribution in [0.3, 0.4) is 0 Å². The Morgan fingerprint density at radius 1 is 1.26 bits per heavy atom. The van der Waals surface area contributed by atoms with Crippen LogP contribution in [0.4, 0.5) is 0 Å². The van der Waals surface area contributed by atoms with Crippen molar-refractivity contribution in [2.75, 3.05) is 19.3 Å². The average molecular weight is 303 g/mol. The van der Waals surface area contributed by atoms with Gasteiger partial charge in [-0.25, -0.2) is 13.1 Å². The summed E-state index contributed by atoms with van der Waals surface area (Å²) in [6.45, 7) is -0.0579. The van der Waals surface area contributed by atoms with Gasteiger partial charge >= 0.3 is 0 Å². The summed E-state index contributed by atoms with van der Waals surface area (Å²) < 4.78 is 24.1. The largest absolute Gasteiger partial charge is 0.273 e. The van der Waals surface area contributed by atoms with Crippen LogP contribution in [0.2, 0.25) is 5.02 Å². The number of halogens is 1. The van der Waals surface area contributed by atoms with Crippen molar-refractivity contribution in [2.24, 2.45) is 0 Å². The van der Waals surface area contributed by atoms with Crippen LogP contribution in [0, 0.1) is 0 Å². The third-order valence-corrected chi connectivity index (χ3v) is 3.69. The van der Waals surface area contributed by atoms with Crippen LogP contribution in [0.15, 0.2) is 18.2 Å². The van der Waals surface area contributed by atoms with Crippen molar-refractivity contribution in [3.63, 3.8) is 0 Å². The molecule has 0 unspecified atom stereocenters. The molecule has 1 N–H and O–H groups in total. The fourth-order valence-electron chi connectivity index (χ4n) is 1.84. The van der Waals surface area contributed by atoms with E-state index in [0.29, 0.717) is 0 Å². The monoisotopic (exact) mass is 302 g/mol. The summed E-state index contributed by atoms with van der Waals surface area (Å²) >= 11 is 5.89. The van der Waals surface area contributed by atoms with Gasteiger partial charge in [0.2, 0.25) is 10.0 Å². The maximum Gasteiger partial charge on any atom is 0.263 e. The quantitative estimate of drug-likeness (QED) is 0.820. The molecule has 1 heterocycles. The van der Waals surface area contributed by atoms with Crippen LogP contribution in [-0.4, -0.2) is 44.5 Å². The number of hydrogen-bond donors (Lipinski definition) is 1. The van der Waals surface area contributed by atoms with Crippen molar-refractivity contribution < 1.29 is 18.0 Å². The first kappa shape index (κ1) is 14.0. The molecule has 102 valence electrons. The molecule has 1 aliphatic heterocycles. The summed E-state index contributed by atoms with van der Waals surface area (Å²) in [7, 11) is -3.35. The first-order chi connectivity index (χ1) is 8.81. The van der Waals surface area contributed by atoms with Crippen LogP contribution in [0.1, 0.15) is 20.7 Å². The lowest BCUT2D eigenvalue weighted by atomic mass is 10.1. The Hall–Kier alpha value is -1.44. The average Bonchev–Trinajstić information content (AvgIpc) is 2.54. The van der Waals surface area contributed by atoms with E-state index in [0.717, 1.165) is 11.2 Å². The van der Waals surface area contributed by atoms with Gasteiger partial charge < -0.3 is 0 Å². The maximum atomic E-state index is 12.0. The Morgan fingerprint density at radius 3 is 2.53 bits per heavy atom. The predicted octanol–water partition coefficient (Wildman–Crippen LogP) is 0.485. The molecule has 1 aliphatic rings. The molecular weight excluding hydrogens is 292 g/mol. The second-order valence-electron chi connectivity index (χ2n) is 4.09. The van der Waals surface area contributed by atoms with Crippen molar-refractivity contribution in [1.29, 1.82) is 0 Å². The fraction of sp³-hybridized carbons (Fsp3) is 0.273. The van der Waals surface area contributed by atoms with E-state index in [2.05, 4.69) is 4.72 Å². The third kappa shape index (κ3) is 2.78. The molecule has 2 amide bonds. The van der Waals surface area contributed by atoms with Gasteiger partial charge in [0.15, 0.2) is 0 Å². The number of imide groups is 1. The van der Waals surface area contributed by atoms with Crippen LogP contribution in [-0.2, 0) is 10.0 Å². The predicted molar refractivity (Wildman–Crippen MR) is 69.7 cm³/mol. The minimum atomic E-state index is -3.35. The number of benzene rings is 1. The summed E-state index contributed by atoms with van der Waals surface area (Å²) in [5.74, 6) is -0.960. The van der Waals surface area contributed by atoms with Crippen LogP contribution < -0.4 is 4.72 Å². The molecule has 0 aromatic heterocycles.